The number of nitrogens with zero attached hydrogens (tertiary/aromatic N) is 3. The number of piperazine rings is 1. The largest absolute Gasteiger partial charge is 0.429 e. The minimum atomic E-state index is -0.449. The van der Waals surface area contributed by atoms with Crippen molar-refractivity contribution in [2.24, 2.45) is 0 Å². The van der Waals surface area contributed by atoms with Crippen molar-refractivity contribution in [3.63, 3.8) is 0 Å². The highest BCUT2D eigenvalue weighted by Gasteiger charge is 2.22. The van der Waals surface area contributed by atoms with Gasteiger partial charge >= 0.3 is 12.0 Å². The second kappa shape index (κ2) is 8.39. The molecule has 146 valence electrons. The van der Waals surface area contributed by atoms with E-state index in [4.69, 9.17) is 4.42 Å². The molecule has 0 radical (unpaired) electrons. The van der Waals surface area contributed by atoms with Gasteiger partial charge in [-0.15, -0.1) is 0 Å². The predicted molar refractivity (Wildman–Crippen MR) is 103 cm³/mol. The minimum absolute atomic E-state index is 0.132. The third-order valence-corrected chi connectivity index (χ3v) is 4.81. The number of halogens is 1. The summed E-state index contributed by atoms with van der Waals surface area (Å²) < 4.78 is 19.1. The quantitative estimate of drug-likeness (QED) is 0.840. The lowest BCUT2D eigenvalue weighted by molar-refractivity contribution is 0.248. The molecule has 1 aliphatic rings. The van der Waals surface area contributed by atoms with Gasteiger partial charge in [0.1, 0.15) is 11.6 Å². The molecule has 1 fully saturated rings. The minimum Gasteiger partial charge on any atom is -0.429 e. The van der Waals surface area contributed by atoms with E-state index in [0.717, 1.165) is 44.0 Å². The molecule has 3 rings (SSSR count). The summed E-state index contributed by atoms with van der Waals surface area (Å²) in [5.74, 6) is 0.287. The molecule has 2 aromatic rings. The van der Waals surface area contributed by atoms with E-state index in [0.29, 0.717) is 5.76 Å². The molecular formula is C19H26FN5O2. The van der Waals surface area contributed by atoms with Crippen LogP contribution in [0.4, 0.5) is 20.9 Å². The molecule has 1 unspecified atom stereocenters. The number of rotatable bonds is 5. The Hall–Kier alpha value is -2.61. The first kappa shape index (κ1) is 19.2. The fourth-order valence-corrected chi connectivity index (χ4v) is 3.29. The molecule has 0 aliphatic carbocycles. The lowest BCUT2D eigenvalue weighted by Gasteiger charge is -2.37. The number of hydrogen-bond acceptors (Lipinski definition) is 5. The lowest BCUT2D eigenvalue weighted by atomic mass is 10.0. The summed E-state index contributed by atoms with van der Waals surface area (Å²) in [6.45, 7) is 10.5. The van der Waals surface area contributed by atoms with Crippen LogP contribution in [0.15, 0.2) is 28.8 Å². The molecule has 0 spiro atoms. The number of hydrogen-bond donors (Lipinski definition) is 2. The zero-order chi connectivity index (χ0) is 19.4. The van der Waals surface area contributed by atoms with Crippen LogP contribution in [-0.4, -0.2) is 48.6 Å². The smallest absolute Gasteiger partial charge is 0.323 e. The highest BCUT2D eigenvalue weighted by atomic mass is 19.1. The molecule has 1 atom stereocenters. The van der Waals surface area contributed by atoms with Crippen LogP contribution in [0.25, 0.3) is 0 Å². The SMILES string of the molecule is CCN1CCN(c2ccc(F)cc2C(C)NC(=O)Nc2ncc(C)o2)CC1. The van der Waals surface area contributed by atoms with Crippen molar-refractivity contribution in [2.75, 3.05) is 42.9 Å². The number of carbonyl (C=O) groups is 1. The number of urea groups is 1. The van der Waals surface area contributed by atoms with Crippen LogP contribution in [0.5, 0.6) is 0 Å². The zero-order valence-electron chi connectivity index (χ0n) is 16.0. The van der Waals surface area contributed by atoms with Gasteiger partial charge in [0, 0.05) is 37.4 Å². The normalized spacial score (nSPS) is 16.2. The summed E-state index contributed by atoms with van der Waals surface area (Å²) in [4.78, 5) is 20.8. The Kier molecular flexibility index (Phi) is 5.95. The van der Waals surface area contributed by atoms with Crippen LogP contribution >= 0.6 is 0 Å². The molecule has 7 nitrogen and oxygen atoms in total. The summed E-state index contributed by atoms with van der Waals surface area (Å²) in [7, 11) is 0. The van der Waals surface area contributed by atoms with Gasteiger partial charge in [0.25, 0.3) is 0 Å². The van der Waals surface area contributed by atoms with Gasteiger partial charge in [-0.05, 0) is 38.6 Å². The monoisotopic (exact) mass is 375 g/mol. The van der Waals surface area contributed by atoms with Gasteiger partial charge in [0.05, 0.1) is 12.2 Å². The lowest BCUT2D eigenvalue weighted by Crippen LogP contribution is -2.46. The van der Waals surface area contributed by atoms with E-state index < -0.39 is 6.03 Å². The average Bonchev–Trinajstić information content (AvgIpc) is 3.06. The Morgan fingerprint density at radius 2 is 2.07 bits per heavy atom. The first-order valence-corrected chi connectivity index (χ1v) is 9.23. The number of aromatic nitrogens is 1. The molecule has 27 heavy (non-hydrogen) atoms. The summed E-state index contributed by atoms with van der Waals surface area (Å²) in [5, 5.41) is 5.38. The van der Waals surface area contributed by atoms with Crippen molar-refractivity contribution in [1.82, 2.24) is 15.2 Å². The number of aryl methyl sites for hydroxylation is 1. The van der Waals surface area contributed by atoms with E-state index >= 15 is 0 Å². The number of anilines is 2. The highest BCUT2D eigenvalue weighted by Crippen LogP contribution is 2.28. The van der Waals surface area contributed by atoms with Gasteiger partial charge in [-0.2, -0.15) is 0 Å². The number of benzene rings is 1. The number of oxazole rings is 1. The van der Waals surface area contributed by atoms with Gasteiger partial charge in [-0.25, -0.2) is 14.2 Å². The maximum atomic E-state index is 13.9. The Morgan fingerprint density at radius 1 is 1.33 bits per heavy atom. The molecule has 1 aromatic heterocycles. The van der Waals surface area contributed by atoms with E-state index in [1.807, 2.05) is 6.92 Å². The zero-order valence-corrected chi connectivity index (χ0v) is 16.0. The van der Waals surface area contributed by atoms with Gasteiger partial charge in [0.2, 0.25) is 0 Å². The third kappa shape index (κ3) is 4.77. The molecule has 1 saturated heterocycles. The third-order valence-electron chi connectivity index (χ3n) is 4.81. The molecular weight excluding hydrogens is 349 g/mol. The molecule has 2 amide bonds. The van der Waals surface area contributed by atoms with Crippen LogP contribution in [0.3, 0.4) is 0 Å². The van der Waals surface area contributed by atoms with E-state index in [1.54, 1.807) is 13.0 Å². The van der Waals surface area contributed by atoms with Gasteiger partial charge < -0.3 is 19.5 Å². The van der Waals surface area contributed by atoms with Gasteiger partial charge in [-0.3, -0.25) is 5.32 Å². The van der Waals surface area contributed by atoms with Crippen molar-refractivity contribution in [2.45, 2.75) is 26.8 Å². The van der Waals surface area contributed by atoms with Crippen molar-refractivity contribution in [3.05, 3.63) is 41.5 Å². The Bertz CT molecular complexity index is 786. The Balaban J connectivity index is 1.70. The fourth-order valence-electron chi connectivity index (χ4n) is 3.29. The standard InChI is InChI=1S/C19H26FN5O2/c1-4-24-7-9-25(10-8-24)17-6-5-15(20)11-16(17)14(3)22-18(26)23-19-21-12-13(2)27-19/h5-6,11-12,14H,4,7-10H2,1-3H3,(H2,21,22,23,26). The number of likely N-dealkylation sites (N-methyl/N-ethyl adjacent to an activating group) is 1. The Labute approximate surface area is 158 Å². The van der Waals surface area contributed by atoms with Crippen LogP contribution in [0.2, 0.25) is 0 Å². The van der Waals surface area contributed by atoms with Crippen LogP contribution in [0.1, 0.15) is 31.2 Å². The van der Waals surface area contributed by atoms with E-state index in [9.17, 15) is 9.18 Å². The number of nitrogens with one attached hydrogen (secondary N) is 2. The fraction of sp³-hybridized carbons (Fsp3) is 0.474. The summed E-state index contributed by atoms with van der Waals surface area (Å²) in [6, 6.07) is 4.05. The van der Waals surface area contributed by atoms with E-state index in [-0.39, 0.29) is 17.9 Å². The highest BCUT2D eigenvalue weighted by molar-refractivity contribution is 5.87. The second-order valence-corrected chi connectivity index (χ2v) is 6.72. The van der Waals surface area contributed by atoms with Crippen molar-refractivity contribution in [3.8, 4) is 0 Å². The molecule has 1 aliphatic heterocycles. The number of amides is 2. The summed E-state index contributed by atoms with van der Waals surface area (Å²) in [6.07, 6.45) is 1.53. The molecule has 1 aromatic carbocycles. The maximum Gasteiger partial charge on any atom is 0.323 e. The maximum absolute atomic E-state index is 13.9. The van der Waals surface area contributed by atoms with Gasteiger partial charge in [0.15, 0.2) is 0 Å². The topological polar surface area (TPSA) is 73.6 Å². The first-order valence-electron chi connectivity index (χ1n) is 9.23. The van der Waals surface area contributed by atoms with Crippen LogP contribution in [0, 0.1) is 12.7 Å². The van der Waals surface area contributed by atoms with E-state index in [1.165, 1.54) is 18.3 Å². The molecule has 2 heterocycles. The van der Waals surface area contributed by atoms with E-state index in [2.05, 4.69) is 32.3 Å². The molecule has 8 heteroatoms. The Morgan fingerprint density at radius 3 is 2.70 bits per heavy atom. The average molecular weight is 375 g/mol. The van der Waals surface area contributed by atoms with Crippen LogP contribution in [-0.2, 0) is 0 Å². The van der Waals surface area contributed by atoms with Crippen molar-refractivity contribution < 1.29 is 13.6 Å². The second-order valence-electron chi connectivity index (χ2n) is 6.72. The van der Waals surface area contributed by atoms with Crippen molar-refractivity contribution in [1.29, 1.82) is 0 Å². The van der Waals surface area contributed by atoms with Crippen LogP contribution < -0.4 is 15.5 Å². The predicted octanol–water partition coefficient (Wildman–Crippen LogP) is 3.15. The molecule has 0 bridgehead atoms. The van der Waals surface area contributed by atoms with Crippen molar-refractivity contribution >= 4 is 17.7 Å². The summed E-state index contributed by atoms with van der Waals surface area (Å²) in [5.41, 5.74) is 1.70. The van der Waals surface area contributed by atoms with Gasteiger partial charge in [-0.1, -0.05) is 6.92 Å². The summed E-state index contributed by atoms with van der Waals surface area (Å²) >= 11 is 0. The molecule has 0 saturated carbocycles. The first-order chi connectivity index (χ1) is 13.0. The molecule has 2 N–H and O–H groups in total. The number of carbonyl (C=O) groups excluding carboxylic acids is 1.